The Morgan fingerprint density at radius 1 is 0.726 bits per heavy atom. The van der Waals surface area contributed by atoms with Crippen molar-refractivity contribution in [1.29, 1.82) is 10.5 Å². The van der Waals surface area contributed by atoms with Gasteiger partial charge in [0.05, 0.1) is 42.5 Å². The maximum Gasteiger partial charge on any atom is 0.407 e. The molecule has 2 heterocycles. The van der Waals surface area contributed by atoms with Gasteiger partial charge in [-0.25, -0.2) is 4.79 Å². The van der Waals surface area contributed by atoms with E-state index in [1.165, 1.54) is 7.11 Å². The predicted molar refractivity (Wildman–Crippen MR) is 227 cm³/mol. The van der Waals surface area contributed by atoms with Crippen LogP contribution >= 0.6 is 0 Å². The van der Waals surface area contributed by atoms with E-state index in [-0.39, 0.29) is 30.2 Å². The van der Waals surface area contributed by atoms with E-state index >= 15 is 0 Å². The van der Waals surface area contributed by atoms with Crippen molar-refractivity contribution < 1.29 is 32.8 Å². The molecule has 62 heavy (non-hydrogen) atoms. The zero-order valence-corrected chi connectivity index (χ0v) is 35.3. The standard InChI is InChI=1S/C24H24N4O3.C23H22N4O4/c1-4-22(29)26-20-10-9-17-18(20)6-5-7-19(17)23-27-24(31-28-23)15-8-11-21(30-14(2)3)16(12-15)13-25;1-13(2)30-20-10-7-14(11-15(20)12-24)22-26-21(27-31-22)18-6-4-5-17-16(18)8-9-19(17)25-23(28)29-3/h5-8,11-12,14,20H,4,9-10H2,1-3H3,(H,26,29);4-7,10-11,13,19H,8-9H2,1-3H3,(H,25,28)/t20-;19-/m11/s1. The van der Waals surface area contributed by atoms with Crippen LogP contribution in [0.5, 0.6) is 11.5 Å². The minimum Gasteiger partial charge on any atom is -0.490 e. The summed E-state index contributed by atoms with van der Waals surface area (Å²) in [5.41, 5.74) is 8.23. The first-order valence-electron chi connectivity index (χ1n) is 20.5. The molecule has 316 valence electrons. The lowest BCUT2D eigenvalue weighted by Crippen LogP contribution is -2.26. The molecule has 0 aliphatic heterocycles. The number of carbonyl (C=O) groups is 2. The van der Waals surface area contributed by atoms with Gasteiger partial charge in [0.1, 0.15) is 23.6 Å². The van der Waals surface area contributed by atoms with Gasteiger partial charge in [0.2, 0.25) is 17.6 Å². The van der Waals surface area contributed by atoms with Gasteiger partial charge in [-0.1, -0.05) is 53.6 Å². The van der Waals surface area contributed by atoms with Crippen LogP contribution in [0.3, 0.4) is 0 Å². The number of alkyl carbamates (subject to hydrolysis) is 1. The molecule has 0 saturated carbocycles. The van der Waals surface area contributed by atoms with E-state index in [1.54, 1.807) is 30.3 Å². The average molecular weight is 835 g/mol. The maximum atomic E-state index is 11.8. The number of rotatable bonds is 11. The number of fused-ring (bicyclic) bond motifs is 2. The molecule has 2 atom stereocenters. The molecule has 2 amide bonds. The SMILES string of the molecule is CCC(=O)N[C@@H]1CCc2c(-c3noc(-c4ccc(OC(C)C)c(C#N)c4)n3)cccc21.COC(=O)N[C@@H]1CCc2c(-c3noc(-c4ccc(OC(C)C)c(C#N)c4)n3)cccc21. The number of carbonyl (C=O) groups excluding carboxylic acids is 2. The van der Waals surface area contributed by atoms with Crippen LogP contribution < -0.4 is 20.1 Å². The van der Waals surface area contributed by atoms with Crippen molar-refractivity contribution >= 4 is 12.0 Å². The van der Waals surface area contributed by atoms with Crippen molar-refractivity contribution in [2.24, 2.45) is 0 Å². The number of methoxy groups -OCH3 is 1. The molecule has 0 fully saturated rings. The Balaban J connectivity index is 0.000000186. The summed E-state index contributed by atoms with van der Waals surface area (Å²) >= 11 is 0. The van der Waals surface area contributed by atoms with Gasteiger partial charge < -0.3 is 33.9 Å². The van der Waals surface area contributed by atoms with Gasteiger partial charge in [-0.05, 0) is 112 Å². The third-order valence-corrected chi connectivity index (χ3v) is 10.4. The number of ether oxygens (including phenoxy) is 3. The highest BCUT2D eigenvalue weighted by Gasteiger charge is 2.29. The van der Waals surface area contributed by atoms with Crippen LogP contribution in [-0.2, 0) is 22.4 Å². The van der Waals surface area contributed by atoms with Gasteiger partial charge in [-0.3, -0.25) is 4.79 Å². The number of hydrogen-bond acceptors (Lipinski definition) is 13. The fourth-order valence-corrected chi connectivity index (χ4v) is 7.64. The molecule has 15 heteroatoms. The van der Waals surface area contributed by atoms with Crippen LogP contribution in [0.1, 0.15) is 99.3 Å². The number of nitriles is 2. The first kappa shape index (κ1) is 42.6. The molecule has 2 N–H and O–H groups in total. The Morgan fingerprint density at radius 3 is 1.61 bits per heavy atom. The highest BCUT2D eigenvalue weighted by atomic mass is 16.5. The number of hydrogen-bond donors (Lipinski definition) is 2. The lowest BCUT2D eigenvalue weighted by molar-refractivity contribution is -0.121. The molecular formula is C47H46N8O7. The first-order valence-corrected chi connectivity index (χ1v) is 20.5. The van der Waals surface area contributed by atoms with Crippen LogP contribution in [0.2, 0.25) is 0 Å². The largest absolute Gasteiger partial charge is 0.490 e. The van der Waals surface area contributed by atoms with Gasteiger partial charge in [0.25, 0.3) is 11.8 Å². The molecule has 8 rings (SSSR count). The van der Waals surface area contributed by atoms with Crippen molar-refractivity contribution in [3.05, 3.63) is 106 Å². The Bertz CT molecular complexity index is 2510. The third kappa shape index (κ3) is 9.27. The second-order valence-corrected chi connectivity index (χ2v) is 15.3. The third-order valence-electron chi connectivity index (χ3n) is 10.4. The van der Waals surface area contributed by atoms with Gasteiger partial charge in [-0.15, -0.1) is 0 Å². The highest BCUT2D eigenvalue weighted by Crippen LogP contribution is 2.39. The summed E-state index contributed by atoms with van der Waals surface area (Å²) in [6.07, 6.45) is 3.19. The lowest BCUT2D eigenvalue weighted by atomic mass is 10.0. The van der Waals surface area contributed by atoms with Crippen LogP contribution in [0.4, 0.5) is 4.79 Å². The normalized spacial score (nSPS) is 14.8. The van der Waals surface area contributed by atoms with Crippen LogP contribution in [0, 0.1) is 22.7 Å². The summed E-state index contributed by atoms with van der Waals surface area (Å²) in [5, 5.41) is 33.2. The Hall–Kier alpha value is -7.52. The van der Waals surface area contributed by atoms with Crippen molar-refractivity contribution in [3.8, 4) is 69.3 Å². The maximum absolute atomic E-state index is 11.8. The molecule has 0 spiro atoms. The monoisotopic (exact) mass is 834 g/mol. The van der Waals surface area contributed by atoms with Gasteiger partial charge in [0, 0.05) is 28.7 Å². The van der Waals surface area contributed by atoms with Crippen LogP contribution in [0.15, 0.2) is 81.8 Å². The minimum atomic E-state index is -0.455. The number of amides is 2. The molecule has 0 radical (unpaired) electrons. The van der Waals surface area contributed by atoms with Crippen molar-refractivity contribution in [3.63, 3.8) is 0 Å². The quantitative estimate of drug-likeness (QED) is 0.125. The molecule has 15 nitrogen and oxygen atoms in total. The van der Waals surface area contributed by atoms with Gasteiger partial charge in [0.15, 0.2) is 0 Å². The Labute approximate surface area is 359 Å². The summed E-state index contributed by atoms with van der Waals surface area (Å²) in [7, 11) is 1.35. The van der Waals surface area contributed by atoms with Crippen LogP contribution in [-0.4, -0.2) is 51.6 Å². The zero-order chi connectivity index (χ0) is 43.9. The van der Waals surface area contributed by atoms with E-state index in [0.717, 1.165) is 59.1 Å². The van der Waals surface area contributed by atoms with Crippen LogP contribution in [0.25, 0.3) is 45.7 Å². The fraction of sp³-hybridized carbons (Fsp3) is 0.319. The molecule has 2 aliphatic carbocycles. The summed E-state index contributed by atoms with van der Waals surface area (Å²) < 4.78 is 27.1. The molecular weight excluding hydrogens is 789 g/mol. The molecule has 2 aliphatic rings. The number of benzene rings is 4. The number of aromatic nitrogens is 4. The summed E-state index contributed by atoms with van der Waals surface area (Å²) in [6.45, 7) is 9.49. The number of nitrogens with zero attached hydrogens (tertiary/aromatic N) is 6. The minimum absolute atomic E-state index is 0.0143. The Kier molecular flexibility index (Phi) is 12.9. The molecule has 0 unspecified atom stereocenters. The molecule has 2 aromatic heterocycles. The Morgan fingerprint density at radius 2 is 1.19 bits per heavy atom. The van der Waals surface area contributed by atoms with E-state index in [1.807, 2.05) is 77.1 Å². The molecule has 0 saturated heterocycles. The zero-order valence-electron chi connectivity index (χ0n) is 35.3. The fourth-order valence-electron chi connectivity index (χ4n) is 7.64. The van der Waals surface area contributed by atoms with Gasteiger partial charge in [-0.2, -0.15) is 20.5 Å². The average Bonchev–Trinajstić information content (AvgIpc) is 4.11. The molecule has 6 aromatic rings. The van der Waals surface area contributed by atoms with E-state index < -0.39 is 6.09 Å². The highest BCUT2D eigenvalue weighted by molar-refractivity contribution is 5.77. The predicted octanol–water partition coefficient (Wildman–Crippen LogP) is 8.98. The second kappa shape index (κ2) is 18.8. The summed E-state index contributed by atoms with van der Waals surface area (Å²) in [5.74, 6) is 2.72. The van der Waals surface area contributed by atoms with E-state index in [0.29, 0.717) is 63.6 Å². The first-order chi connectivity index (χ1) is 30.0. The van der Waals surface area contributed by atoms with Crippen molar-refractivity contribution in [2.45, 2.75) is 91.0 Å². The topological polar surface area (TPSA) is 211 Å². The van der Waals surface area contributed by atoms with E-state index in [4.69, 9.17) is 23.3 Å². The van der Waals surface area contributed by atoms with E-state index in [9.17, 15) is 20.1 Å². The summed E-state index contributed by atoms with van der Waals surface area (Å²) in [6, 6.07) is 26.5. The second-order valence-electron chi connectivity index (χ2n) is 15.3. The smallest absolute Gasteiger partial charge is 0.407 e. The van der Waals surface area contributed by atoms with Crippen molar-refractivity contribution in [1.82, 2.24) is 30.9 Å². The van der Waals surface area contributed by atoms with Crippen molar-refractivity contribution in [2.75, 3.05) is 7.11 Å². The van der Waals surface area contributed by atoms with Gasteiger partial charge >= 0.3 is 6.09 Å². The number of nitrogens with one attached hydrogen (secondary N) is 2. The lowest BCUT2D eigenvalue weighted by Gasteiger charge is -2.13. The van der Waals surface area contributed by atoms with E-state index in [2.05, 4.69) is 43.1 Å². The summed E-state index contributed by atoms with van der Waals surface area (Å²) in [4.78, 5) is 32.6. The molecule has 4 aromatic carbocycles. The molecule has 0 bridgehead atoms.